The topological polar surface area (TPSA) is 61.5 Å². The molecule has 6 nitrogen and oxygen atoms in total. The van der Waals surface area contributed by atoms with E-state index in [0.29, 0.717) is 16.9 Å². The lowest BCUT2D eigenvalue weighted by Crippen LogP contribution is -2.10. The van der Waals surface area contributed by atoms with Crippen LogP contribution in [0, 0.1) is 6.92 Å². The number of fused-ring (bicyclic) bond motifs is 3. The SMILES string of the molecule is COc1ccc2c(c1)C(c1ccc(Cl)cc1)=N[C@@H](COSC1CC1)c1nnc(C)n1-2. The molecular formula is C22H21ClN4O2S. The van der Waals surface area contributed by atoms with Gasteiger partial charge in [0.1, 0.15) is 17.6 Å². The molecule has 30 heavy (non-hydrogen) atoms. The summed E-state index contributed by atoms with van der Waals surface area (Å²) in [5.41, 5.74) is 3.76. The Morgan fingerprint density at radius 2 is 1.93 bits per heavy atom. The van der Waals surface area contributed by atoms with Gasteiger partial charge in [-0.2, -0.15) is 0 Å². The molecule has 1 aromatic heterocycles. The van der Waals surface area contributed by atoms with E-state index in [9.17, 15) is 0 Å². The number of hydrogen-bond donors (Lipinski definition) is 0. The van der Waals surface area contributed by atoms with E-state index < -0.39 is 0 Å². The maximum absolute atomic E-state index is 6.13. The van der Waals surface area contributed by atoms with Crippen molar-refractivity contribution >= 4 is 29.4 Å². The number of aliphatic imine (C=N–C) groups is 1. The first-order valence-electron chi connectivity index (χ1n) is 9.87. The minimum atomic E-state index is -0.276. The third-order valence-corrected chi connectivity index (χ3v) is 6.47. The molecule has 3 aromatic rings. The van der Waals surface area contributed by atoms with Gasteiger partial charge in [-0.05, 0) is 62.1 Å². The van der Waals surface area contributed by atoms with E-state index in [4.69, 9.17) is 25.5 Å². The van der Waals surface area contributed by atoms with E-state index in [2.05, 4.69) is 14.8 Å². The second kappa shape index (κ2) is 8.06. The number of nitrogens with zero attached hydrogens (tertiary/aromatic N) is 4. The number of rotatable bonds is 6. The largest absolute Gasteiger partial charge is 0.497 e. The van der Waals surface area contributed by atoms with Crippen LogP contribution in [0.3, 0.4) is 0 Å². The summed E-state index contributed by atoms with van der Waals surface area (Å²) in [6, 6.07) is 13.4. The predicted molar refractivity (Wildman–Crippen MR) is 119 cm³/mol. The summed E-state index contributed by atoms with van der Waals surface area (Å²) >= 11 is 7.68. The highest BCUT2D eigenvalue weighted by atomic mass is 35.5. The molecule has 2 heterocycles. The Morgan fingerprint density at radius 3 is 2.67 bits per heavy atom. The lowest BCUT2D eigenvalue weighted by molar-refractivity contribution is 0.332. The van der Waals surface area contributed by atoms with Crippen molar-refractivity contribution in [3.05, 3.63) is 70.3 Å². The average Bonchev–Trinajstić information content (AvgIpc) is 3.53. The van der Waals surface area contributed by atoms with Crippen LogP contribution in [0.5, 0.6) is 5.75 Å². The Bertz CT molecular complexity index is 1110. The van der Waals surface area contributed by atoms with Crippen LogP contribution < -0.4 is 4.74 Å². The predicted octanol–water partition coefficient (Wildman–Crippen LogP) is 4.96. The molecule has 1 saturated carbocycles. The van der Waals surface area contributed by atoms with Crippen LogP contribution in [0.15, 0.2) is 47.5 Å². The van der Waals surface area contributed by atoms with Crippen molar-refractivity contribution in [1.82, 2.24) is 14.8 Å². The van der Waals surface area contributed by atoms with Gasteiger partial charge in [0, 0.05) is 21.4 Å². The molecule has 2 aliphatic rings. The Balaban J connectivity index is 1.66. The third kappa shape index (κ3) is 3.73. The molecule has 8 heteroatoms. The molecule has 0 bridgehead atoms. The molecule has 0 radical (unpaired) electrons. The van der Waals surface area contributed by atoms with Crippen molar-refractivity contribution in [2.24, 2.45) is 4.99 Å². The summed E-state index contributed by atoms with van der Waals surface area (Å²) in [5.74, 6) is 2.35. The van der Waals surface area contributed by atoms with Gasteiger partial charge in [0.2, 0.25) is 0 Å². The highest BCUT2D eigenvalue weighted by Crippen LogP contribution is 2.37. The number of ether oxygens (including phenoxy) is 1. The van der Waals surface area contributed by atoms with E-state index in [1.54, 1.807) is 19.2 Å². The van der Waals surface area contributed by atoms with Crippen LogP contribution in [0.4, 0.5) is 0 Å². The summed E-state index contributed by atoms with van der Waals surface area (Å²) in [5, 5.41) is 10.1. The smallest absolute Gasteiger partial charge is 0.164 e. The Morgan fingerprint density at radius 1 is 1.13 bits per heavy atom. The van der Waals surface area contributed by atoms with Crippen LogP contribution in [0.1, 0.15) is 41.7 Å². The van der Waals surface area contributed by atoms with Crippen LogP contribution in [0.25, 0.3) is 5.69 Å². The fourth-order valence-corrected chi connectivity index (χ4v) is 4.37. The fraction of sp³-hybridized carbons (Fsp3) is 0.318. The van der Waals surface area contributed by atoms with Crippen LogP contribution >= 0.6 is 23.6 Å². The summed E-state index contributed by atoms with van der Waals surface area (Å²) in [6.07, 6.45) is 2.43. The molecule has 2 aromatic carbocycles. The van der Waals surface area contributed by atoms with Crippen molar-refractivity contribution in [1.29, 1.82) is 0 Å². The van der Waals surface area contributed by atoms with E-state index in [1.165, 1.54) is 12.8 Å². The molecule has 1 aliphatic heterocycles. The van der Waals surface area contributed by atoms with E-state index in [1.807, 2.05) is 49.4 Å². The average molecular weight is 441 g/mol. The molecule has 0 N–H and O–H groups in total. The first-order valence-corrected chi connectivity index (χ1v) is 11.0. The van der Waals surface area contributed by atoms with Crippen molar-refractivity contribution in [3.8, 4) is 11.4 Å². The summed E-state index contributed by atoms with van der Waals surface area (Å²) < 4.78 is 13.5. The summed E-state index contributed by atoms with van der Waals surface area (Å²) in [7, 11) is 1.67. The highest BCUT2D eigenvalue weighted by molar-refractivity contribution is 7.95. The Labute approximate surface area is 184 Å². The molecule has 5 rings (SSSR count). The zero-order valence-corrected chi connectivity index (χ0v) is 18.3. The monoisotopic (exact) mass is 440 g/mol. The van der Waals surface area contributed by atoms with E-state index in [0.717, 1.165) is 39.9 Å². The third-order valence-electron chi connectivity index (χ3n) is 5.20. The molecular weight excluding hydrogens is 420 g/mol. The number of methoxy groups -OCH3 is 1. The lowest BCUT2D eigenvalue weighted by atomic mass is 10.00. The van der Waals surface area contributed by atoms with Crippen molar-refractivity contribution in [2.45, 2.75) is 31.1 Å². The molecule has 0 amide bonds. The van der Waals surface area contributed by atoms with Gasteiger partial charge in [-0.3, -0.25) is 9.56 Å². The van der Waals surface area contributed by atoms with E-state index in [-0.39, 0.29) is 6.04 Å². The summed E-state index contributed by atoms with van der Waals surface area (Å²) in [6.45, 7) is 2.39. The van der Waals surface area contributed by atoms with Gasteiger partial charge < -0.3 is 8.92 Å². The van der Waals surface area contributed by atoms with Crippen molar-refractivity contribution in [2.75, 3.05) is 13.7 Å². The van der Waals surface area contributed by atoms with Gasteiger partial charge in [0.25, 0.3) is 0 Å². The van der Waals surface area contributed by atoms with Crippen molar-refractivity contribution in [3.63, 3.8) is 0 Å². The highest BCUT2D eigenvalue weighted by Gasteiger charge is 2.30. The lowest BCUT2D eigenvalue weighted by Gasteiger charge is -2.14. The second-order valence-electron chi connectivity index (χ2n) is 7.40. The fourth-order valence-electron chi connectivity index (χ4n) is 3.52. The molecule has 1 aliphatic carbocycles. The van der Waals surface area contributed by atoms with Crippen molar-refractivity contribution < 1.29 is 8.92 Å². The van der Waals surface area contributed by atoms with Gasteiger partial charge in [-0.1, -0.05) is 23.7 Å². The molecule has 154 valence electrons. The Hall–Kier alpha value is -2.35. The minimum absolute atomic E-state index is 0.276. The van der Waals surface area contributed by atoms with Crippen LogP contribution in [-0.2, 0) is 4.18 Å². The standard InChI is InChI=1S/C22H21ClN4O2S/c1-13-25-26-22-19(12-29-30-17-8-9-17)24-21(14-3-5-15(23)6-4-14)18-11-16(28-2)7-10-20(18)27(13)22/h3-7,10-11,17,19H,8-9,12H2,1-2H3/t19-/m0/s1. The summed E-state index contributed by atoms with van der Waals surface area (Å²) in [4.78, 5) is 5.12. The van der Waals surface area contributed by atoms with Gasteiger partial charge in [0.15, 0.2) is 5.82 Å². The number of hydrogen-bond acceptors (Lipinski definition) is 6. The van der Waals surface area contributed by atoms with Crippen LogP contribution in [0.2, 0.25) is 5.02 Å². The maximum atomic E-state index is 6.13. The molecule has 0 saturated heterocycles. The molecule has 0 spiro atoms. The first kappa shape index (κ1) is 19.6. The minimum Gasteiger partial charge on any atom is -0.497 e. The normalized spacial score (nSPS) is 17.7. The zero-order valence-electron chi connectivity index (χ0n) is 16.7. The van der Waals surface area contributed by atoms with Gasteiger partial charge in [0.05, 0.1) is 25.1 Å². The molecule has 1 fully saturated rings. The Kier molecular flexibility index (Phi) is 5.26. The first-order chi connectivity index (χ1) is 14.6. The van der Waals surface area contributed by atoms with Gasteiger partial charge in [-0.15, -0.1) is 10.2 Å². The van der Waals surface area contributed by atoms with Gasteiger partial charge >= 0.3 is 0 Å². The maximum Gasteiger partial charge on any atom is 0.164 e. The second-order valence-corrected chi connectivity index (χ2v) is 8.94. The number of halogens is 1. The van der Waals surface area contributed by atoms with E-state index >= 15 is 0 Å². The zero-order chi connectivity index (χ0) is 20.7. The quantitative estimate of drug-likeness (QED) is 0.507. The molecule has 1 atom stereocenters. The number of aryl methyl sites for hydroxylation is 1. The number of aromatic nitrogens is 3. The molecule has 0 unspecified atom stereocenters. The van der Waals surface area contributed by atoms with Crippen LogP contribution in [-0.4, -0.2) is 39.4 Å². The van der Waals surface area contributed by atoms with Gasteiger partial charge in [-0.25, -0.2) is 0 Å². The number of benzene rings is 2.